The summed E-state index contributed by atoms with van der Waals surface area (Å²) in [5.74, 6) is 2.20. The Labute approximate surface area is 178 Å². The number of ether oxygens (including phenoxy) is 3. The molecule has 1 heterocycles. The second kappa shape index (κ2) is 9.93. The molecule has 0 bridgehead atoms. The van der Waals surface area contributed by atoms with Gasteiger partial charge in [-0.3, -0.25) is 4.79 Å². The van der Waals surface area contributed by atoms with Crippen LogP contribution in [0.2, 0.25) is 0 Å². The third kappa shape index (κ3) is 5.00. The number of thioether (sulfide) groups is 2. The topological polar surface area (TPSA) is 73.9 Å². The predicted octanol–water partition coefficient (Wildman–Crippen LogP) is 4.61. The number of nitrogens with one attached hydrogen (secondary N) is 1. The summed E-state index contributed by atoms with van der Waals surface area (Å²) < 4.78 is 15.8. The van der Waals surface area contributed by atoms with Gasteiger partial charge in [0.05, 0.1) is 37.2 Å². The van der Waals surface area contributed by atoms with Gasteiger partial charge in [-0.15, -0.1) is 23.5 Å². The van der Waals surface area contributed by atoms with Crippen molar-refractivity contribution in [1.82, 2.24) is 0 Å². The van der Waals surface area contributed by atoms with E-state index >= 15 is 0 Å². The van der Waals surface area contributed by atoms with Crippen LogP contribution in [0, 0.1) is 0 Å². The van der Waals surface area contributed by atoms with E-state index in [0.717, 1.165) is 11.5 Å². The summed E-state index contributed by atoms with van der Waals surface area (Å²) in [5, 5.41) is 2.78. The van der Waals surface area contributed by atoms with Crippen molar-refractivity contribution in [2.45, 2.75) is 11.0 Å². The highest BCUT2D eigenvalue weighted by atomic mass is 32.2. The van der Waals surface area contributed by atoms with Gasteiger partial charge in [0, 0.05) is 17.7 Å². The number of benzene rings is 2. The van der Waals surface area contributed by atoms with E-state index in [1.807, 2.05) is 35.7 Å². The van der Waals surface area contributed by atoms with Crippen LogP contribution < -0.4 is 14.8 Å². The lowest BCUT2D eigenvalue weighted by Crippen LogP contribution is -2.16. The fourth-order valence-electron chi connectivity index (χ4n) is 2.93. The Hall–Kier alpha value is -2.32. The molecular weight excluding hydrogens is 410 g/mol. The van der Waals surface area contributed by atoms with Crippen LogP contribution in [0.1, 0.15) is 37.3 Å². The van der Waals surface area contributed by atoms with Gasteiger partial charge in [0.1, 0.15) is 0 Å². The lowest BCUT2D eigenvalue weighted by atomic mass is 10.1. The van der Waals surface area contributed by atoms with Crippen molar-refractivity contribution in [3.8, 4) is 11.5 Å². The molecule has 0 saturated carbocycles. The van der Waals surface area contributed by atoms with Gasteiger partial charge in [0.2, 0.25) is 0 Å². The molecule has 1 amide bonds. The van der Waals surface area contributed by atoms with Crippen molar-refractivity contribution in [1.29, 1.82) is 0 Å². The van der Waals surface area contributed by atoms with Gasteiger partial charge in [-0.25, -0.2) is 4.79 Å². The Kier molecular flexibility index (Phi) is 7.33. The second-order valence-corrected chi connectivity index (χ2v) is 8.97. The van der Waals surface area contributed by atoms with E-state index in [9.17, 15) is 9.59 Å². The first-order chi connectivity index (χ1) is 14.1. The Morgan fingerprint density at radius 2 is 1.59 bits per heavy atom. The van der Waals surface area contributed by atoms with Crippen LogP contribution in [0.3, 0.4) is 0 Å². The normalized spacial score (nSPS) is 14.2. The number of carbonyl (C=O) groups excluding carboxylic acids is 2. The largest absolute Gasteiger partial charge is 0.493 e. The molecule has 0 aliphatic carbocycles. The molecule has 0 atom stereocenters. The zero-order chi connectivity index (χ0) is 20.8. The highest BCUT2D eigenvalue weighted by Gasteiger charge is 2.20. The van der Waals surface area contributed by atoms with Crippen molar-refractivity contribution in [2.24, 2.45) is 0 Å². The molecule has 1 aliphatic rings. The number of anilines is 1. The van der Waals surface area contributed by atoms with Crippen molar-refractivity contribution >= 4 is 41.1 Å². The summed E-state index contributed by atoms with van der Waals surface area (Å²) in [5.41, 5.74) is 2.19. The quantitative estimate of drug-likeness (QED) is 0.667. The summed E-state index contributed by atoms with van der Waals surface area (Å²) in [7, 11) is 4.24. The summed E-state index contributed by atoms with van der Waals surface area (Å²) in [6, 6.07) is 10.6. The van der Waals surface area contributed by atoms with E-state index < -0.39 is 5.97 Å². The Bertz CT molecular complexity index is 879. The van der Waals surface area contributed by atoms with Crippen molar-refractivity contribution in [2.75, 3.05) is 38.2 Å². The molecule has 1 saturated heterocycles. The molecule has 1 aliphatic heterocycles. The van der Waals surface area contributed by atoms with Crippen LogP contribution in [0.25, 0.3) is 0 Å². The molecule has 0 radical (unpaired) electrons. The number of carbonyl (C=O) groups is 2. The SMILES string of the molecule is COC(=O)c1cc(OC)c(OC)cc1NC(=O)c1ccc(C2SCCCS2)cc1. The van der Waals surface area contributed by atoms with Gasteiger partial charge < -0.3 is 19.5 Å². The molecule has 154 valence electrons. The minimum absolute atomic E-state index is 0.185. The van der Waals surface area contributed by atoms with E-state index in [1.54, 1.807) is 18.2 Å². The van der Waals surface area contributed by atoms with Gasteiger partial charge in [0.25, 0.3) is 5.91 Å². The fourth-order valence-corrected chi connectivity index (χ4v) is 5.82. The molecule has 6 nitrogen and oxygen atoms in total. The molecule has 3 rings (SSSR count). The van der Waals surface area contributed by atoms with Gasteiger partial charge in [0.15, 0.2) is 11.5 Å². The maximum atomic E-state index is 12.8. The Morgan fingerprint density at radius 1 is 0.966 bits per heavy atom. The highest BCUT2D eigenvalue weighted by molar-refractivity contribution is 8.16. The summed E-state index contributed by atoms with van der Waals surface area (Å²) in [6.45, 7) is 0. The third-order valence-corrected chi connectivity index (χ3v) is 7.46. The first kappa shape index (κ1) is 21.4. The second-order valence-electron chi connectivity index (χ2n) is 6.25. The Morgan fingerprint density at radius 3 is 2.17 bits per heavy atom. The lowest BCUT2D eigenvalue weighted by molar-refractivity contribution is 0.0601. The molecule has 1 fully saturated rings. The van der Waals surface area contributed by atoms with E-state index in [1.165, 1.54) is 39.4 Å². The zero-order valence-electron chi connectivity index (χ0n) is 16.5. The number of rotatable bonds is 6. The first-order valence-corrected chi connectivity index (χ1v) is 11.2. The van der Waals surface area contributed by atoms with Crippen LogP contribution in [0.15, 0.2) is 36.4 Å². The summed E-state index contributed by atoms with van der Waals surface area (Å²) >= 11 is 3.87. The maximum absolute atomic E-state index is 12.8. The van der Waals surface area contributed by atoms with Crippen LogP contribution in [0.5, 0.6) is 11.5 Å². The van der Waals surface area contributed by atoms with E-state index in [4.69, 9.17) is 14.2 Å². The molecule has 0 aromatic heterocycles. The van der Waals surface area contributed by atoms with Crippen molar-refractivity contribution < 1.29 is 23.8 Å². The average molecular weight is 434 g/mol. The zero-order valence-corrected chi connectivity index (χ0v) is 18.2. The standard InChI is InChI=1S/C21H23NO5S2/c1-25-17-11-15(20(24)27-3)16(12-18(17)26-2)22-19(23)13-5-7-14(8-6-13)21-28-9-4-10-29-21/h5-8,11-12,21H,4,9-10H2,1-3H3,(H,22,23). The van der Waals surface area contributed by atoms with E-state index in [2.05, 4.69) is 5.32 Å². The fraction of sp³-hybridized carbons (Fsp3) is 0.333. The van der Waals surface area contributed by atoms with E-state index in [-0.39, 0.29) is 11.5 Å². The number of hydrogen-bond acceptors (Lipinski definition) is 7. The molecule has 0 spiro atoms. The van der Waals surface area contributed by atoms with Gasteiger partial charge in [-0.05, 0) is 35.6 Å². The monoisotopic (exact) mass is 433 g/mol. The average Bonchev–Trinajstić information content (AvgIpc) is 2.78. The number of hydrogen-bond donors (Lipinski definition) is 1. The molecule has 0 unspecified atom stereocenters. The van der Waals surface area contributed by atoms with Crippen LogP contribution in [-0.4, -0.2) is 44.7 Å². The van der Waals surface area contributed by atoms with Gasteiger partial charge in [-0.2, -0.15) is 0 Å². The minimum atomic E-state index is -0.581. The van der Waals surface area contributed by atoms with Crippen LogP contribution in [-0.2, 0) is 4.74 Å². The van der Waals surface area contributed by atoms with Gasteiger partial charge in [-0.1, -0.05) is 12.1 Å². The number of amides is 1. The number of methoxy groups -OCH3 is 3. The molecule has 2 aromatic rings. The van der Waals surface area contributed by atoms with Crippen molar-refractivity contribution in [3.05, 3.63) is 53.1 Å². The van der Waals surface area contributed by atoms with Crippen LogP contribution in [0.4, 0.5) is 5.69 Å². The maximum Gasteiger partial charge on any atom is 0.340 e. The smallest absolute Gasteiger partial charge is 0.340 e. The van der Waals surface area contributed by atoms with Gasteiger partial charge >= 0.3 is 5.97 Å². The summed E-state index contributed by atoms with van der Waals surface area (Å²) in [4.78, 5) is 24.9. The lowest BCUT2D eigenvalue weighted by Gasteiger charge is -2.21. The Balaban J connectivity index is 1.83. The number of esters is 1. The van der Waals surface area contributed by atoms with E-state index in [0.29, 0.717) is 27.3 Å². The molecule has 8 heteroatoms. The highest BCUT2D eigenvalue weighted by Crippen LogP contribution is 2.43. The van der Waals surface area contributed by atoms with Crippen molar-refractivity contribution in [3.63, 3.8) is 0 Å². The molecule has 29 heavy (non-hydrogen) atoms. The van der Waals surface area contributed by atoms with Crippen LogP contribution >= 0.6 is 23.5 Å². The summed E-state index contributed by atoms with van der Waals surface area (Å²) in [6.07, 6.45) is 1.24. The molecular formula is C21H23NO5S2. The first-order valence-electron chi connectivity index (χ1n) is 9.06. The minimum Gasteiger partial charge on any atom is -0.493 e. The molecule has 1 N–H and O–H groups in total. The molecule has 2 aromatic carbocycles. The third-order valence-electron chi connectivity index (χ3n) is 4.45. The predicted molar refractivity (Wildman–Crippen MR) is 118 cm³/mol.